The molecule has 1 aromatic heterocycles. The first-order valence-corrected chi connectivity index (χ1v) is 7.32. The van der Waals surface area contributed by atoms with Gasteiger partial charge in [-0.2, -0.15) is 5.10 Å². The highest BCUT2D eigenvalue weighted by molar-refractivity contribution is 5.78. The topological polar surface area (TPSA) is 61.0 Å². The number of likely N-dealkylation sites (N-methyl/N-ethyl adjacent to an activating group) is 1. The van der Waals surface area contributed by atoms with E-state index in [1.807, 2.05) is 49.1 Å². The number of hydrogen-bond acceptors (Lipinski definition) is 3. The molecule has 1 amide bonds. The van der Waals surface area contributed by atoms with Gasteiger partial charge in [-0.1, -0.05) is 30.3 Å². The van der Waals surface area contributed by atoms with Crippen LogP contribution in [0.25, 0.3) is 11.3 Å². The van der Waals surface area contributed by atoms with Crippen LogP contribution in [0.3, 0.4) is 0 Å². The highest BCUT2D eigenvalue weighted by atomic mass is 16.2. The van der Waals surface area contributed by atoms with E-state index in [1.54, 1.807) is 6.20 Å². The van der Waals surface area contributed by atoms with Crippen LogP contribution in [0, 0.1) is 0 Å². The van der Waals surface area contributed by atoms with E-state index in [4.69, 9.17) is 0 Å². The Balaban J connectivity index is 1.93. The van der Waals surface area contributed by atoms with Gasteiger partial charge in [0.25, 0.3) is 0 Å². The number of aromatic nitrogens is 2. The van der Waals surface area contributed by atoms with Gasteiger partial charge in [0.05, 0.1) is 18.4 Å². The SMILES string of the molecule is CCN(CC)C(=O)CNCc1cn[nH]c1-c1ccccc1. The number of amides is 1. The van der Waals surface area contributed by atoms with Gasteiger partial charge in [-0.25, -0.2) is 0 Å². The lowest BCUT2D eigenvalue weighted by Crippen LogP contribution is -2.37. The highest BCUT2D eigenvalue weighted by Gasteiger charge is 2.10. The molecule has 0 atom stereocenters. The van der Waals surface area contributed by atoms with Gasteiger partial charge < -0.3 is 10.2 Å². The minimum atomic E-state index is 0.129. The Bertz CT molecular complexity index is 561. The number of H-pyrrole nitrogens is 1. The van der Waals surface area contributed by atoms with E-state index in [-0.39, 0.29) is 5.91 Å². The number of nitrogens with one attached hydrogen (secondary N) is 2. The first-order chi connectivity index (χ1) is 10.3. The molecule has 2 aromatic rings. The van der Waals surface area contributed by atoms with Crippen LogP contribution in [0.4, 0.5) is 0 Å². The van der Waals surface area contributed by atoms with Crippen LogP contribution >= 0.6 is 0 Å². The van der Waals surface area contributed by atoms with Crippen molar-refractivity contribution in [2.75, 3.05) is 19.6 Å². The van der Waals surface area contributed by atoms with Crippen molar-refractivity contribution in [3.63, 3.8) is 0 Å². The normalized spacial score (nSPS) is 10.6. The maximum Gasteiger partial charge on any atom is 0.236 e. The summed E-state index contributed by atoms with van der Waals surface area (Å²) in [6, 6.07) is 10.1. The Labute approximate surface area is 125 Å². The molecule has 2 N–H and O–H groups in total. The van der Waals surface area contributed by atoms with E-state index < -0.39 is 0 Å². The summed E-state index contributed by atoms with van der Waals surface area (Å²) in [7, 11) is 0. The fraction of sp³-hybridized carbons (Fsp3) is 0.375. The molecule has 2 rings (SSSR count). The zero-order chi connectivity index (χ0) is 15.1. The van der Waals surface area contributed by atoms with Crippen LogP contribution < -0.4 is 5.32 Å². The number of hydrogen-bond donors (Lipinski definition) is 2. The first kappa shape index (κ1) is 15.3. The lowest BCUT2D eigenvalue weighted by atomic mass is 10.1. The number of carbonyl (C=O) groups is 1. The zero-order valence-corrected chi connectivity index (χ0v) is 12.6. The molecule has 0 bridgehead atoms. The number of rotatable bonds is 7. The van der Waals surface area contributed by atoms with Gasteiger partial charge >= 0.3 is 0 Å². The summed E-state index contributed by atoms with van der Waals surface area (Å²) in [4.78, 5) is 13.7. The van der Waals surface area contributed by atoms with Gasteiger partial charge in [-0.05, 0) is 19.4 Å². The molecule has 0 spiro atoms. The van der Waals surface area contributed by atoms with E-state index in [0.29, 0.717) is 13.1 Å². The molecule has 5 heteroatoms. The quantitative estimate of drug-likeness (QED) is 0.819. The molecule has 0 saturated heterocycles. The fourth-order valence-electron chi connectivity index (χ4n) is 2.29. The van der Waals surface area contributed by atoms with Gasteiger partial charge in [-0.15, -0.1) is 0 Å². The second kappa shape index (κ2) is 7.59. The number of benzene rings is 1. The summed E-state index contributed by atoms with van der Waals surface area (Å²) < 4.78 is 0. The standard InChI is InChI=1S/C16H22N4O/c1-3-20(4-2)15(21)12-17-10-14-11-18-19-16(14)13-8-6-5-7-9-13/h5-9,11,17H,3-4,10,12H2,1-2H3,(H,18,19). The second-order valence-corrected chi connectivity index (χ2v) is 4.81. The summed E-state index contributed by atoms with van der Waals surface area (Å²) in [6.45, 7) is 6.45. The van der Waals surface area contributed by atoms with E-state index in [0.717, 1.165) is 29.9 Å². The predicted octanol–water partition coefficient (Wildman–Crippen LogP) is 2.03. The van der Waals surface area contributed by atoms with Crippen LogP contribution in [-0.4, -0.2) is 40.6 Å². The Hall–Kier alpha value is -2.14. The van der Waals surface area contributed by atoms with Gasteiger partial charge in [0.1, 0.15) is 0 Å². The predicted molar refractivity (Wildman–Crippen MR) is 83.7 cm³/mol. The van der Waals surface area contributed by atoms with Gasteiger partial charge in [-0.3, -0.25) is 9.89 Å². The molecule has 0 aliphatic carbocycles. The molecular weight excluding hydrogens is 264 g/mol. The molecule has 5 nitrogen and oxygen atoms in total. The third kappa shape index (κ3) is 3.92. The van der Waals surface area contributed by atoms with E-state index in [9.17, 15) is 4.79 Å². The van der Waals surface area contributed by atoms with Gasteiger partial charge in [0, 0.05) is 25.2 Å². The van der Waals surface area contributed by atoms with Crippen molar-refractivity contribution in [2.24, 2.45) is 0 Å². The molecule has 0 saturated carbocycles. The first-order valence-electron chi connectivity index (χ1n) is 7.32. The third-order valence-corrected chi connectivity index (χ3v) is 3.49. The lowest BCUT2D eigenvalue weighted by molar-refractivity contribution is -0.129. The Kier molecular flexibility index (Phi) is 5.51. The van der Waals surface area contributed by atoms with E-state index >= 15 is 0 Å². The number of nitrogens with zero attached hydrogens (tertiary/aromatic N) is 2. The maximum absolute atomic E-state index is 11.9. The van der Waals surface area contributed by atoms with Crippen molar-refractivity contribution < 1.29 is 4.79 Å². The summed E-state index contributed by atoms with van der Waals surface area (Å²) in [5.41, 5.74) is 3.16. The Morgan fingerprint density at radius 3 is 2.62 bits per heavy atom. The molecule has 0 radical (unpaired) electrons. The fourth-order valence-corrected chi connectivity index (χ4v) is 2.29. The zero-order valence-electron chi connectivity index (χ0n) is 12.6. The second-order valence-electron chi connectivity index (χ2n) is 4.81. The van der Waals surface area contributed by atoms with Crippen molar-refractivity contribution >= 4 is 5.91 Å². The lowest BCUT2D eigenvalue weighted by Gasteiger charge is -2.18. The molecule has 112 valence electrons. The molecule has 0 unspecified atom stereocenters. The summed E-state index contributed by atoms with van der Waals surface area (Å²) >= 11 is 0. The minimum Gasteiger partial charge on any atom is -0.342 e. The van der Waals surface area contributed by atoms with Gasteiger partial charge in [0.2, 0.25) is 5.91 Å². The van der Waals surface area contributed by atoms with Crippen LogP contribution in [0.2, 0.25) is 0 Å². The molecule has 0 fully saturated rings. The van der Waals surface area contributed by atoms with E-state index in [1.165, 1.54) is 0 Å². The molecule has 1 aromatic carbocycles. The smallest absolute Gasteiger partial charge is 0.236 e. The van der Waals surface area contributed by atoms with Crippen molar-refractivity contribution in [3.8, 4) is 11.3 Å². The molecule has 0 aliphatic heterocycles. The van der Waals surface area contributed by atoms with Crippen LogP contribution in [0.1, 0.15) is 19.4 Å². The Morgan fingerprint density at radius 1 is 1.24 bits per heavy atom. The minimum absolute atomic E-state index is 0.129. The van der Waals surface area contributed by atoms with Crippen molar-refractivity contribution in [1.29, 1.82) is 0 Å². The monoisotopic (exact) mass is 286 g/mol. The molecular formula is C16H22N4O. The number of carbonyl (C=O) groups excluding carboxylic acids is 1. The van der Waals surface area contributed by atoms with Crippen molar-refractivity contribution in [1.82, 2.24) is 20.4 Å². The molecule has 1 heterocycles. The third-order valence-electron chi connectivity index (χ3n) is 3.49. The average molecular weight is 286 g/mol. The van der Waals surface area contributed by atoms with Crippen molar-refractivity contribution in [3.05, 3.63) is 42.1 Å². The number of aromatic amines is 1. The highest BCUT2D eigenvalue weighted by Crippen LogP contribution is 2.20. The van der Waals surface area contributed by atoms with Gasteiger partial charge in [0.15, 0.2) is 0 Å². The maximum atomic E-state index is 11.9. The van der Waals surface area contributed by atoms with Crippen molar-refractivity contribution in [2.45, 2.75) is 20.4 Å². The largest absolute Gasteiger partial charge is 0.342 e. The van der Waals surface area contributed by atoms with Crippen LogP contribution in [0.5, 0.6) is 0 Å². The van der Waals surface area contributed by atoms with Crippen LogP contribution in [0.15, 0.2) is 36.5 Å². The summed E-state index contributed by atoms with van der Waals surface area (Å²) in [5, 5.41) is 10.3. The van der Waals surface area contributed by atoms with E-state index in [2.05, 4.69) is 15.5 Å². The Morgan fingerprint density at radius 2 is 1.95 bits per heavy atom. The summed E-state index contributed by atoms with van der Waals surface area (Å²) in [5.74, 6) is 0.129. The summed E-state index contributed by atoms with van der Waals surface area (Å²) in [6.07, 6.45) is 1.80. The van der Waals surface area contributed by atoms with Crippen LogP contribution in [-0.2, 0) is 11.3 Å². The molecule has 0 aliphatic rings. The molecule has 21 heavy (non-hydrogen) atoms. The average Bonchev–Trinajstić information content (AvgIpc) is 2.98.